The van der Waals surface area contributed by atoms with Crippen LogP contribution in [0.5, 0.6) is 0 Å². The summed E-state index contributed by atoms with van der Waals surface area (Å²) in [7, 11) is 0. The van der Waals surface area contributed by atoms with Gasteiger partial charge in [-0.05, 0) is 18.1 Å². The van der Waals surface area contributed by atoms with Crippen LogP contribution in [0.3, 0.4) is 0 Å². The molecule has 1 rings (SSSR count). The lowest BCUT2D eigenvalue weighted by atomic mass is 10.1. The molecule has 0 aliphatic carbocycles. The summed E-state index contributed by atoms with van der Waals surface area (Å²) in [6.45, 7) is 2.11. The second-order valence-corrected chi connectivity index (χ2v) is 4.05. The van der Waals surface area contributed by atoms with Crippen LogP contribution in [0.1, 0.15) is 12.5 Å². The molecule has 0 aromatic heterocycles. The van der Waals surface area contributed by atoms with Gasteiger partial charge in [0.1, 0.15) is 0 Å². The Kier molecular flexibility index (Phi) is 4.02. The highest BCUT2D eigenvalue weighted by Crippen LogP contribution is 2.23. The van der Waals surface area contributed by atoms with E-state index in [-0.39, 0.29) is 0 Å². The molecule has 0 amide bonds. The standard InChI is InChI=1S/C10H10Br2/c1-8(10(12)7-11)9-5-3-2-4-6-9/h2-6H,7H2,1H3/b10-8+. The van der Waals surface area contributed by atoms with Crippen molar-refractivity contribution in [2.24, 2.45) is 0 Å². The van der Waals surface area contributed by atoms with Crippen LogP contribution in [0.2, 0.25) is 0 Å². The van der Waals surface area contributed by atoms with Crippen LogP contribution in [0, 0.1) is 0 Å². The summed E-state index contributed by atoms with van der Waals surface area (Å²) in [6.07, 6.45) is 0. The fraction of sp³-hybridized carbons (Fsp3) is 0.200. The Morgan fingerprint density at radius 3 is 2.33 bits per heavy atom. The average Bonchev–Trinajstić information content (AvgIpc) is 2.17. The second kappa shape index (κ2) is 4.83. The lowest BCUT2D eigenvalue weighted by Gasteiger charge is -2.02. The molecule has 0 saturated heterocycles. The largest absolute Gasteiger partial charge is 0.0870 e. The van der Waals surface area contributed by atoms with Crippen LogP contribution >= 0.6 is 31.9 Å². The summed E-state index contributed by atoms with van der Waals surface area (Å²) >= 11 is 6.92. The summed E-state index contributed by atoms with van der Waals surface area (Å²) < 4.78 is 1.20. The Morgan fingerprint density at radius 2 is 1.83 bits per heavy atom. The van der Waals surface area contributed by atoms with Crippen LogP contribution in [-0.4, -0.2) is 5.33 Å². The number of hydrogen-bond donors (Lipinski definition) is 0. The molecule has 12 heavy (non-hydrogen) atoms. The number of allylic oxidation sites excluding steroid dienone is 2. The maximum atomic E-state index is 3.51. The maximum Gasteiger partial charge on any atom is 0.0352 e. The van der Waals surface area contributed by atoms with E-state index in [1.54, 1.807) is 0 Å². The molecule has 1 aromatic carbocycles. The van der Waals surface area contributed by atoms with Crippen molar-refractivity contribution in [3.05, 3.63) is 40.4 Å². The molecule has 0 spiro atoms. The molecule has 0 saturated carbocycles. The van der Waals surface area contributed by atoms with Crippen molar-refractivity contribution >= 4 is 37.4 Å². The molecule has 0 aliphatic rings. The van der Waals surface area contributed by atoms with Crippen LogP contribution in [0.4, 0.5) is 0 Å². The Labute approximate surface area is 89.9 Å². The Morgan fingerprint density at radius 1 is 1.25 bits per heavy atom. The summed E-state index contributed by atoms with van der Waals surface area (Å²) in [5.74, 6) is 0. The lowest BCUT2D eigenvalue weighted by Crippen LogP contribution is -1.82. The first-order valence-electron chi connectivity index (χ1n) is 3.72. The quantitative estimate of drug-likeness (QED) is 0.716. The molecule has 64 valence electrons. The Bertz CT molecular complexity index is 275. The number of rotatable bonds is 2. The van der Waals surface area contributed by atoms with Gasteiger partial charge in [0.25, 0.3) is 0 Å². The third kappa shape index (κ3) is 2.46. The molecule has 0 nitrogen and oxygen atoms in total. The zero-order valence-corrected chi connectivity index (χ0v) is 10.0. The van der Waals surface area contributed by atoms with Crippen LogP contribution in [0.15, 0.2) is 34.8 Å². The first-order chi connectivity index (χ1) is 5.75. The van der Waals surface area contributed by atoms with Crippen molar-refractivity contribution in [1.29, 1.82) is 0 Å². The Hall–Kier alpha value is -0.0800. The minimum atomic E-state index is 0.869. The number of hydrogen-bond acceptors (Lipinski definition) is 0. The summed E-state index contributed by atoms with van der Waals surface area (Å²) in [6, 6.07) is 10.3. The van der Waals surface area contributed by atoms with E-state index in [4.69, 9.17) is 0 Å². The van der Waals surface area contributed by atoms with Gasteiger partial charge in [-0.2, -0.15) is 0 Å². The van der Waals surface area contributed by atoms with Crippen LogP contribution in [0.25, 0.3) is 5.57 Å². The van der Waals surface area contributed by atoms with E-state index in [0.717, 1.165) is 5.33 Å². The smallest absolute Gasteiger partial charge is 0.0352 e. The molecule has 0 fully saturated rings. The second-order valence-electron chi connectivity index (χ2n) is 2.53. The van der Waals surface area contributed by atoms with Gasteiger partial charge in [0, 0.05) is 9.81 Å². The molecule has 2 heteroatoms. The average molecular weight is 290 g/mol. The van der Waals surface area contributed by atoms with Gasteiger partial charge >= 0.3 is 0 Å². The highest BCUT2D eigenvalue weighted by molar-refractivity contribution is 9.13. The maximum absolute atomic E-state index is 3.51. The van der Waals surface area contributed by atoms with Crippen molar-refractivity contribution in [3.63, 3.8) is 0 Å². The summed E-state index contributed by atoms with van der Waals surface area (Å²) in [5, 5.41) is 0.869. The van der Waals surface area contributed by atoms with Crippen molar-refractivity contribution in [1.82, 2.24) is 0 Å². The SMILES string of the molecule is C/C(=C(\Br)CBr)c1ccccc1. The van der Waals surface area contributed by atoms with E-state index in [1.165, 1.54) is 15.6 Å². The van der Waals surface area contributed by atoms with Gasteiger partial charge in [0.2, 0.25) is 0 Å². The first-order valence-corrected chi connectivity index (χ1v) is 5.63. The van der Waals surface area contributed by atoms with Gasteiger partial charge < -0.3 is 0 Å². The van der Waals surface area contributed by atoms with Gasteiger partial charge in [0.15, 0.2) is 0 Å². The van der Waals surface area contributed by atoms with Gasteiger partial charge in [-0.1, -0.05) is 62.2 Å². The molecule has 0 unspecified atom stereocenters. The van der Waals surface area contributed by atoms with Gasteiger partial charge in [-0.25, -0.2) is 0 Å². The fourth-order valence-electron chi connectivity index (χ4n) is 0.945. The zero-order chi connectivity index (χ0) is 8.97. The Balaban J connectivity index is 3.00. The first kappa shape index (κ1) is 10.0. The van der Waals surface area contributed by atoms with E-state index in [0.29, 0.717) is 0 Å². The van der Waals surface area contributed by atoms with Crippen molar-refractivity contribution in [3.8, 4) is 0 Å². The number of alkyl halides is 1. The normalized spacial score (nSPS) is 12.6. The predicted molar refractivity (Wildman–Crippen MR) is 61.8 cm³/mol. The molecule has 0 heterocycles. The van der Waals surface area contributed by atoms with E-state index in [2.05, 4.69) is 50.9 Å². The zero-order valence-electron chi connectivity index (χ0n) is 6.85. The van der Waals surface area contributed by atoms with Gasteiger partial charge in [-0.15, -0.1) is 0 Å². The lowest BCUT2D eigenvalue weighted by molar-refractivity contribution is 1.54. The summed E-state index contributed by atoms with van der Waals surface area (Å²) in [4.78, 5) is 0. The van der Waals surface area contributed by atoms with E-state index in [1.807, 2.05) is 18.2 Å². The number of benzene rings is 1. The molecule has 0 radical (unpaired) electrons. The van der Waals surface area contributed by atoms with Gasteiger partial charge in [-0.3, -0.25) is 0 Å². The van der Waals surface area contributed by atoms with Crippen LogP contribution in [-0.2, 0) is 0 Å². The van der Waals surface area contributed by atoms with Crippen molar-refractivity contribution in [2.45, 2.75) is 6.92 Å². The third-order valence-electron chi connectivity index (χ3n) is 1.73. The highest BCUT2D eigenvalue weighted by Gasteiger charge is 1.98. The molecular formula is C10H10Br2. The van der Waals surface area contributed by atoms with E-state index in [9.17, 15) is 0 Å². The van der Waals surface area contributed by atoms with Crippen molar-refractivity contribution < 1.29 is 0 Å². The monoisotopic (exact) mass is 288 g/mol. The number of halogens is 2. The molecule has 0 aliphatic heterocycles. The predicted octanol–water partition coefficient (Wildman–Crippen LogP) is 4.21. The minimum absolute atomic E-state index is 0.869. The summed E-state index contributed by atoms with van der Waals surface area (Å²) in [5.41, 5.74) is 2.55. The topological polar surface area (TPSA) is 0 Å². The molecular weight excluding hydrogens is 280 g/mol. The molecule has 0 atom stereocenters. The van der Waals surface area contributed by atoms with E-state index >= 15 is 0 Å². The van der Waals surface area contributed by atoms with Crippen molar-refractivity contribution in [2.75, 3.05) is 5.33 Å². The van der Waals surface area contributed by atoms with Gasteiger partial charge in [0.05, 0.1) is 0 Å². The molecule has 1 aromatic rings. The fourth-order valence-corrected chi connectivity index (χ4v) is 1.59. The molecule has 0 bridgehead atoms. The highest BCUT2D eigenvalue weighted by atomic mass is 79.9. The molecule has 0 N–H and O–H groups in total. The van der Waals surface area contributed by atoms with E-state index < -0.39 is 0 Å². The van der Waals surface area contributed by atoms with Crippen LogP contribution < -0.4 is 0 Å². The minimum Gasteiger partial charge on any atom is -0.0870 e. The third-order valence-corrected chi connectivity index (χ3v) is 3.92.